The minimum atomic E-state index is -0.672. The molecule has 1 amide bonds. The number of fused-ring (bicyclic) bond motifs is 2. The van der Waals surface area contributed by atoms with Crippen molar-refractivity contribution in [3.63, 3.8) is 0 Å². The van der Waals surface area contributed by atoms with Crippen LogP contribution in [0.15, 0.2) is 23.0 Å². The van der Waals surface area contributed by atoms with Gasteiger partial charge in [-0.05, 0) is 31.0 Å². The van der Waals surface area contributed by atoms with Gasteiger partial charge in [-0.3, -0.25) is 19.0 Å². The van der Waals surface area contributed by atoms with E-state index in [1.807, 2.05) is 0 Å². The lowest BCUT2D eigenvalue weighted by atomic mass is 10.1. The Hall–Kier alpha value is -3.23. The van der Waals surface area contributed by atoms with Crippen LogP contribution in [0.2, 0.25) is 0 Å². The highest BCUT2D eigenvalue weighted by molar-refractivity contribution is 5.95. The Bertz CT molecular complexity index is 982. The fraction of sp³-hybridized carbons (Fsp3) is 0.421. The first-order chi connectivity index (χ1) is 13.5. The van der Waals surface area contributed by atoms with Crippen molar-refractivity contribution < 1.29 is 23.9 Å². The molecule has 1 aromatic heterocycles. The van der Waals surface area contributed by atoms with Crippen LogP contribution in [0.1, 0.15) is 35.4 Å². The average Bonchev–Trinajstić information content (AvgIpc) is 3.17. The number of aryl methyl sites for hydroxylation is 1. The van der Waals surface area contributed by atoms with Crippen molar-refractivity contribution in [2.45, 2.75) is 32.2 Å². The van der Waals surface area contributed by atoms with Gasteiger partial charge in [0.25, 0.3) is 11.5 Å². The van der Waals surface area contributed by atoms with Crippen molar-refractivity contribution in [3.05, 3.63) is 39.9 Å². The Balaban J connectivity index is 1.56. The fourth-order valence-electron chi connectivity index (χ4n) is 3.04. The highest BCUT2D eigenvalue weighted by Crippen LogP contribution is 2.16. The van der Waals surface area contributed by atoms with Crippen LogP contribution in [0, 0.1) is 0 Å². The molecule has 0 spiro atoms. The Kier molecular flexibility index (Phi) is 6.03. The summed E-state index contributed by atoms with van der Waals surface area (Å²) < 4.78 is 11.2. The van der Waals surface area contributed by atoms with Crippen molar-refractivity contribution in [1.82, 2.24) is 14.9 Å². The van der Waals surface area contributed by atoms with Crippen molar-refractivity contribution >= 4 is 28.7 Å². The molecular formula is C19H21N3O6. The molecule has 1 aromatic carbocycles. The summed E-state index contributed by atoms with van der Waals surface area (Å²) in [6.07, 6.45) is 2.24. The summed E-state index contributed by atoms with van der Waals surface area (Å²) >= 11 is 0. The second-order valence-corrected chi connectivity index (χ2v) is 6.43. The summed E-state index contributed by atoms with van der Waals surface area (Å²) in [5.41, 5.74) is 0.560. The standard InChI is InChI=1S/C19H21N3O6/c1-27-17(24)5-2-8-20-16(23)11-28-19(26)12-6-7-13-14(10-12)21-15-4-3-9-22(15)18(13)25/h6-7,10H,2-5,8-9,11H2,1H3,(H,20,23). The summed E-state index contributed by atoms with van der Waals surface area (Å²) in [5.74, 6) is -0.771. The molecule has 148 valence electrons. The first-order valence-corrected chi connectivity index (χ1v) is 9.03. The number of nitrogens with one attached hydrogen (secondary N) is 1. The van der Waals surface area contributed by atoms with Crippen LogP contribution in [0.3, 0.4) is 0 Å². The van der Waals surface area contributed by atoms with Crippen molar-refractivity contribution in [2.24, 2.45) is 0 Å². The maximum Gasteiger partial charge on any atom is 0.338 e. The Morgan fingerprint density at radius 1 is 1.29 bits per heavy atom. The molecular weight excluding hydrogens is 366 g/mol. The zero-order chi connectivity index (χ0) is 20.1. The van der Waals surface area contributed by atoms with E-state index >= 15 is 0 Å². The smallest absolute Gasteiger partial charge is 0.338 e. The fourth-order valence-corrected chi connectivity index (χ4v) is 3.04. The molecule has 9 heteroatoms. The van der Waals surface area contributed by atoms with Crippen LogP contribution in [0.25, 0.3) is 10.9 Å². The van der Waals surface area contributed by atoms with E-state index in [9.17, 15) is 19.2 Å². The van der Waals surface area contributed by atoms with Gasteiger partial charge in [0, 0.05) is 25.9 Å². The van der Waals surface area contributed by atoms with Gasteiger partial charge in [0.05, 0.1) is 23.6 Å². The van der Waals surface area contributed by atoms with Gasteiger partial charge in [-0.2, -0.15) is 0 Å². The molecule has 0 fully saturated rings. The number of carbonyl (C=O) groups is 3. The number of hydrogen-bond acceptors (Lipinski definition) is 7. The first-order valence-electron chi connectivity index (χ1n) is 9.03. The zero-order valence-corrected chi connectivity index (χ0v) is 15.5. The van der Waals surface area contributed by atoms with E-state index in [4.69, 9.17) is 4.74 Å². The lowest BCUT2D eigenvalue weighted by Gasteiger charge is -2.08. The molecule has 0 aliphatic carbocycles. The normalized spacial score (nSPS) is 12.5. The number of aromatic nitrogens is 2. The van der Waals surface area contributed by atoms with Gasteiger partial charge in [-0.25, -0.2) is 9.78 Å². The maximum absolute atomic E-state index is 12.4. The lowest BCUT2D eigenvalue weighted by molar-refractivity contribution is -0.140. The van der Waals surface area contributed by atoms with Gasteiger partial charge in [0.2, 0.25) is 0 Å². The number of rotatable bonds is 7. The summed E-state index contributed by atoms with van der Waals surface area (Å²) in [6.45, 7) is 0.505. The predicted molar refractivity (Wildman–Crippen MR) is 98.9 cm³/mol. The molecule has 9 nitrogen and oxygen atoms in total. The van der Waals surface area contributed by atoms with Crippen LogP contribution >= 0.6 is 0 Å². The van der Waals surface area contributed by atoms with Gasteiger partial charge in [0.1, 0.15) is 5.82 Å². The Morgan fingerprint density at radius 3 is 2.89 bits per heavy atom. The summed E-state index contributed by atoms with van der Waals surface area (Å²) in [4.78, 5) is 51.8. The summed E-state index contributed by atoms with van der Waals surface area (Å²) in [7, 11) is 1.30. The topological polar surface area (TPSA) is 117 Å². The van der Waals surface area contributed by atoms with E-state index in [2.05, 4.69) is 15.0 Å². The molecule has 2 heterocycles. The van der Waals surface area contributed by atoms with Gasteiger partial charge < -0.3 is 14.8 Å². The third-order valence-electron chi connectivity index (χ3n) is 4.49. The summed E-state index contributed by atoms with van der Waals surface area (Å²) in [6, 6.07) is 4.55. The van der Waals surface area contributed by atoms with Crippen LogP contribution in [-0.2, 0) is 32.0 Å². The molecule has 1 N–H and O–H groups in total. The molecule has 0 saturated carbocycles. The number of amides is 1. The van der Waals surface area contributed by atoms with Crippen molar-refractivity contribution in [1.29, 1.82) is 0 Å². The number of nitrogens with zero attached hydrogens (tertiary/aromatic N) is 2. The van der Waals surface area contributed by atoms with Crippen LogP contribution in [-0.4, -0.2) is 47.7 Å². The molecule has 2 aromatic rings. The van der Waals surface area contributed by atoms with Gasteiger partial charge in [0.15, 0.2) is 6.61 Å². The third kappa shape index (κ3) is 4.36. The Labute approximate surface area is 160 Å². The van der Waals surface area contributed by atoms with Gasteiger partial charge >= 0.3 is 11.9 Å². The SMILES string of the molecule is COC(=O)CCCNC(=O)COC(=O)c1ccc2c(=O)n3c(nc2c1)CCC3. The van der Waals surface area contributed by atoms with E-state index in [1.165, 1.54) is 19.2 Å². The quantitative estimate of drug-likeness (QED) is 0.545. The van der Waals surface area contributed by atoms with Crippen LogP contribution in [0.4, 0.5) is 0 Å². The zero-order valence-electron chi connectivity index (χ0n) is 15.5. The molecule has 0 atom stereocenters. The van der Waals surface area contributed by atoms with Crippen LogP contribution in [0.5, 0.6) is 0 Å². The molecule has 1 aliphatic rings. The number of hydrogen-bond donors (Lipinski definition) is 1. The molecule has 0 radical (unpaired) electrons. The molecule has 1 aliphatic heterocycles. The lowest BCUT2D eigenvalue weighted by Crippen LogP contribution is -2.30. The second-order valence-electron chi connectivity index (χ2n) is 6.43. The van der Waals surface area contributed by atoms with Gasteiger partial charge in [-0.15, -0.1) is 0 Å². The highest BCUT2D eigenvalue weighted by Gasteiger charge is 2.18. The highest BCUT2D eigenvalue weighted by atomic mass is 16.5. The van der Waals surface area contributed by atoms with E-state index in [-0.39, 0.29) is 30.1 Å². The molecule has 3 rings (SSSR count). The van der Waals surface area contributed by atoms with E-state index in [1.54, 1.807) is 10.6 Å². The maximum atomic E-state index is 12.4. The van der Waals surface area contributed by atoms with Crippen LogP contribution < -0.4 is 10.9 Å². The molecule has 0 saturated heterocycles. The third-order valence-corrected chi connectivity index (χ3v) is 4.49. The Morgan fingerprint density at radius 2 is 2.11 bits per heavy atom. The van der Waals surface area contributed by atoms with E-state index in [0.29, 0.717) is 29.7 Å². The van der Waals surface area contributed by atoms with E-state index < -0.39 is 18.5 Å². The monoisotopic (exact) mass is 387 g/mol. The number of esters is 2. The first kappa shape index (κ1) is 19.5. The molecule has 28 heavy (non-hydrogen) atoms. The van der Waals surface area contributed by atoms with Crippen molar-refractivity contribution in [2.75, 3.05) is 20.3 Å². The van der Waals surface area contributed by atoms with Gasteiger partial charge in [-0.1, -0.05) is 0 Å². The number of methoxy groups -OCH3 is 1. The largest absolute Gasteiger partial charge is 0.469 e. The number of benzene rings is 1. The minimum Gasteiger partial charge on any atom is -0.469 e. The second kappa shape index (κ2) is 8.64. The van der Waals surface area contributed by atoms with E-state index in [0.717, 1.165) is 12.8 Å². The number of carbonyl (C=O) groups excluding carboxylic acids is 3. The molecule has 0 unspecified atom stereocenters. The number of ether oxygens (including phenoxy) is 2. The predicted octanol–water partition coefficient (Wildman–Crippen LogP) is 0.569. The summed E-state index contributed by atoms with van der Waals surface area (Å²) in [5, 5.41) is 3.00. The molecule has 0 bridgehead atoms. The average molecular weight is 387 g/mol. The minimum absolute atomic E-state index is 0.108. The van der Waals surface area contributed by atoms with Crippen molar-refractivity contribution in [3.8, 4) is 0 Å².